The number of halogens is 2. The molecule has 0 atom stereocenters. The highest BCUT2D eigenvalue weighted by Crippen LogP contribution is 2.25. The van der Waals surface area contributed by atoms with Crippen molar-refractivity contribution in [2.75, 3.05) is 0 Å². The molecule has 0 saturated heterocycles. The summed E-state index contributed by atoms with van der Waals surface area (Å²) in [6.07, 6.45) is 0. The molecule has 90 valence electrons. The van der Waals surface area contributed by atoms with Crippen molar-refractivity contribution in [1.29, 1.82) is 0 Å². The maximum absolute atomic E-state index is 12.8. The highest BCUT2D eigenvalue weighted by molar-refractivity contribution is 7.91. The van der Waals surface area contributed by atoms with Crippen LogP contribution in [-0.2, 0) is 15.6 Å². The molecule has 5 heteroatoms. The fraction of sp³-hybridized carbons (Fsp3) is 0.455. The summed E-state index contributed by atoms with van der Waals surface area (Å²) in [5, 5.41) is 0.146. The van der Waals surface area contributed by atoms with E-state index in [0.717, 1.165) is 6.07 Å². The molecule has 1 rings (SSSR count). The van der Waals surface area contributed by atoms with Crippen molar-refractivity contribution < 1.29 is 12.8 Å². The summed E-state index contributed by atoms with van der Waals surface area (Å²) in [5.41, 5.74) is 0.429. The molecule has 0 amide bonds. The topological polar surface area (TPSA) is 34.1 Å². The third-order valence-electron chi connectivity index (χ3n) is 2.29. The van der Waals surface area contributed by atoms with Gasteiger partial charge in [-0.15, -0.1) is 0 Å². The van der Waals surface area contributed by atoms with Gasteiger partial charge in [-0.05, 0) is 38.5 Å². The molecule has 0 aromatic heterocycles. The van der Waals surface area contributed by atoms with Crippen LogP contribution in [0, 0.1) is 5.82 Å². The van der Waals surface area contributed by atoms with E-state index in [2.05, 4.69) is 0 Å². The molecule has 2 nitrogen and oxygen atoms in total. The smallest absolute Gasteiger partial charge is 0.159 e. The number of benzene rings is 1. The zero-order valence-electron chi connectivity index (χ0n) is 9.42. The SMILES string of the molecule is CC(C)(C)S(=O)(=O)Cc1ccc(F)cc1Cl. The molecule has 0 aliphatic rings. The lowest BCUT2D eigenvalue weighted by Crippen LogP contribution is -2.29. The minimum absolute atomic E-state index is 0.146. The molecular weight excluding hydrogens is 251 g/mol. The average Bonchev–Trinajstić information content (AvgIpc) is 2.08. The van der Waals surface area contributed by atoms with E-state index < -0.39 is 20.4 Å². The highest BCUT2D eigenvalue weighted by Gasteiger charge is 2.29. The van der Waals surface area contributed by atoms with Crippen LogP contribution >= 0.6 is 11.6 Å². The molecule has 0 aliphatic carbocycles. The lowest BCUT2D eigenvalue weighted by atomic mass is 10.2. The van der Waals surface area contributed by atoms with Crippen LogP contribution in [0.4, 0.5) is 4.39 Å². The standard InChI is InChI=1S/C11H14ClFO2S/c1-11(2,3)16(14,15)7-8-4-5-9(13)6-10(8)12/h4-6H,7H2,1-3H3. The van der Waals surface area contributed by atoms with Crippen molar-refractivity contribution in [3.63, 3.8) is 0 Å². The molecule has 0 fully saturated rings. The summed E-state index contributed by atoms with van der Waals surface area (Å²) in [4.78, 5) is 0. The van der Waals surface area contributed by atoms with Crippen molar-refractivity contribution in [2.24, 2.45) is 0 Å². The Labute approximate surface area is 100 Å². The van der Waals surface area contributed by atoms with E-state index in [4.69, 9.17) is 11.6 Å². The summed E-state index contributed by atoms with van der Waals surface area (Å²) in [5.74, 6) is -0.641. The van der Waals surface area contributed by atoms with Crippen molar-refractivity contribution >= 4 is 21.4 Å². The summed E-state index contributed by atoms with van der Waals surface area (Å²) < 4.78 is 35.8. The predicted molar refractivity (Wildman–Crippen MR) is 63.8 cm³/mol. The molecular formula is C11H14ClFO2S. The van der Waals surface area contributed by atoms with Crippen LogP contribution in [0.2, 0.25) is 5.02 Å². The number of sulfone groups is 1. The molecule has 0 N–H and O–H groups in total. The Hall–Kier alpha value is -0.610. The van der Waals surface area contributed by atoms with Crippen LogP contribution in [0.3, 0.4) is 0 Å². The van der Waals surface area contributed by atoms with E-state index in [9.17, 15) is 12.8 Å². The quantitative estimate of drug-likeness (QED) is 0.822. The minimum atomic E-state index is -3.29. The fourth-order valence-corrected chi connectivity index (χ4v) is 2.47. The van der Waals surface area contributed by atoms with Crippen LogP contribution in [0.25, 0.3) is 0 Å². The van der Waals surface area contributed by atoms with Gasteiger partial charge in [0, 0.05) is 5.02 Å². The van der Waals surface area contributed by atoms with Gasteiger partial charge in [-0.25, -0.2) is 12.8 Å². The first kappa shape index (κ1) is 13.5. The first-order chi connectivity index (χ1) is 7.13. The van der Waals surface area contributed by atoms with Crippen LogP contribution in [0.1, 0.15) is 26.3 Å². The van der Waals surface area contributed by atoms with E-state index in [1.54, 1.807) is 20.8 Å². The molecule has 1 aromatic rings. The molecule has 0 saturated carbocycles. The molecule has 0 radical (unpaired) electrons. The summed E-state index contributed by atoms with van der Waals surface area (Å²) in [7, 11) is -3.29. The normalized spacial score (nSPS) is 12.8. The Balaban J connectivity index is 3.07. The zero-order valence-corrected chi connectivity index (χ0v) is 11.0. The lowest BCUT2D eigenvalue weighted by Gasteiger charge is -2.19. The second-order valence-electron chi connectivity index (χ2n) is 4.61. The van der Waals surface area contributed by atoms with E-state index in [0.29, 0.717) is 5.56 Å². The highest BCUT2D eigenvalue weighted by atomic mass is 35.5. The van der Waals surface area contributed by atoms with Gasteiger partial charge in [0.05, 0.1) is 10.5 Å². The number of hydrogen-bond donors (Lipinski definition) is 0. The molecule has 0 heterocycles. The van der Waals surface area contributed by atoms with Crippen LogP contribution in [0.5, 0.6) is 0 Å². The van der Waals surface area contributed by atoms with Crippen molar-refractivity contribution in [3.8, 4) is 0 Å². The second-order valence-corrected chi connectivity index (χ2v) is 7.76. The van der Waals surface area contributed by atoms with Crippen molar-refractivity contribution in [1.82, 2.24) is 0 Å². The minimum Gasteiger partial charge on any atom is -0.228 e. The van der Waals surface area contributed by atoms with Gasteiger partial charge in [0.2, 0.25) is 0 Å². The first-order valence-corrected chi connectivity index (χ1v) is 6.83. The Morgan fingerprint density at radius 1 is 1.31 bits per heavy atom. The van der Waals surface area contributed by atoms with Gasteiger partial charge in [-0.1, -0.05) is 17.7 Å². The Morgan fingerprint density at radius 3 is 2.31 bits per heavy atom. The van der Waals surface area contributed by atoms with Crippen molar-refractivity contribution in [2.45, 2.75) is 31.3 Å². The third kappa shape index (κ3) is 2.95. The fourth-order valence-electron chi connectivity index (χ4n) is 1.06. The summed E-state index contributed by atoms with van der Waals surface area (Å²) in [6, 6.07) is 3.73. The number of rotatable bonds is 2. The van der Waals surface area contributed by atoms with Crippen LogP contribution in [-0.4, -0.2) is 13.2 Å². The summed E-state index contributed by atoms with van der Waals surface area (Å²) in [6.45, 7) is 4.87. The Bertz CT molecular complexity index is 489. The third-order valence-corrected chi connectivity index (χ3v) is 5.20. The maximum Gasteiger partial charge on any atom is 0.159 e. The Morgan fingerprint density at radius 2 is 1.88 bits per heavy atom. The molecule has 0 spiro atoms. The van der Waals surface area contributed by atoms with Gasteiger partial charge in [0.25, 0.3) is 0 Å². The largest absolute Gasteiger partial charge is 0.228 e. The first-order valence-electron chi connectivity index (χ1n) is 4.80. The van der Waals surface area contributed by atoms with E-state index in [-0.39, 0.29) is 10.8 Å². The van der Waals surface area contributed by atoms with Crippen molar-refractivity contribution in [3.05, 3.63) is 34.6 Å². The van der Waals surface area contributed by atoms with Gasteiger partial charge in [-0.3, -0.25) is 0 Å². The van der Waals surface area contributed by atoms with Gasteiger partial charge < -0.3 is 0 Å². The number of hydrogen-bond acceptors (Lipinski definition) is 2. The van der Waals surface area contributed by atoms with E-state index in [1.807, 2.05) is 0 Å². The monoisotopic (exact) mass is 264 g/mol. The second kappa shape index (κ2) is 4.34. The maximum atomic E-state index is 12.8. The van der Waals surface area contributed by atoms with Gasteiger partial charge in [0.15, 0.2) is 9.84 Å². The Kier molecular flexibility index (Phi) is 3.65. The summed E-state index contributed by atoms with van der Waals surface area (Å²) >= 11 is 5.78. The molecule has 16 heavy (non-hydrogen) atoms. The lowest BCUT2D eigenvalue weighted by molar-refractivity contribution is 0.559. The molecule has 0 aliphatic heterocycles. The zero-order chi connectivity index (χ0) is 12.6. The molecule has 0 bridgehead atoms. The van der Waals surface area contributed by atoms with Crippen LogP contribution < -0.4 is 0 Å². The molecule has 1 aromatic carbocycles. The predicted octanol–water partition coefficient (Wildman–Crippen LogP) is 3.19. The van der Waals surface area contributed by atoms with Gasteiger partial charge in [-0.2, -0.15) is 0 Å². The van der Waals surface area contributed by atoms with Gasteiger partial charge >= 0.3 is 0 Å². The molecule has 0 unspecified atom stereocenters. The van der Waals surface area contributed by atoms with Crippen LogP contribution in [0.15, 0.2) is 18.2 Å². The van der Waals surface area contributed by atoms with E-state index >= 15 is 0 Å². The van der Waals surface area contributed by atoms with E-state index in [1.165, 1.54) is 12.1 Å². The average molecular weight is 265 g/mol. The van der Waals surface area contributed by atoms with Gasteiger partial charge in [0.1, 0.15) is 5.82 Å².